The van der Waals surface area contributed by atoms with Crippen LogP contribution >= 0.6 is 0 Å². The summed E-state index contributed by atoms with van der Waals surface area (Å²) in [5, 5.41) is 6.88. The van der Waals surface area contributed by atoms with Gasteiger partial charge in [-0.25, -0.2) is 9.67 Å². The van der Waals surface area contributed by atoms with Gasteiger partial charge in [-0.1, -0.05) is 13.8 Å². The predicted octanol–water partition coefficient (Wildman–Crippen LogP) is 0.180. The second-order valence-corrected chi connectivity index (χ2v) is 5.42. The van der Waals surface area contributed by atoms with Crippen molar-refractivity contribution in [2.75, 3.05) is 12.3 Å². The van der Waals surface area contributed by atoms with Crippen molar-refractivity contribution in [3.8, 4) is 0 Å². The van der Waals surface area contributed by atoms with Crippen LogP contribution in [0.15, 0.2) is 6.33 Å². The van der Waals surface area contributed by atoms with E-state index in [1.54, 1.807) is 0 Å². The highest BCUT2D eigenvalue weighted by atomic mass is 16.5. The molecule has 0 bridgehead atoms. The van der Waals surface area contributed by atoms with Crippen LogP contribution in [0.3, 0.4) is 0 Å². The Hall–Kier alpha value is -1.63. The summed E-state index contributed by atoms with van der Waals surface area (Å²) in [5.41, 5.74) is 5.36. The Balaban J connectivity index is 1.84. The third kappa shape index (κ3) is 2.86. The molecule has 1 aromatic heterocycles. The van der Waals surface area contributed by atoms with Crippen LogP contribution in [0.4, 0.5) is 5.95 Å². The van der Waals surface area contributed by atoms with Gasteiger partial charge in [0.25, 0.3) is 0 Å². The molecule has 1 heterocycles. The van der Waals surface area contributed by atoms with Crippen LogP contribution in [0, 0.1) is 5.41 Å². The number of anilines is 1. The van der Waals surface area contributed by atoms with Crippen molar-refractivity contribution in [2.45, 2.75) is 45.9 Å². The second kappa shape index (κ2) is 5.16. The van der Waals surface area contributed by atoms with E-state index in [9.17, 15) is 4.79 Å². The van der Waals surface area contributed by atoms with Crippen LogP contribution in [-0.4, -0.2) is 39.4 Å². The summed E-state index contributed by atoms with van der Waals surface area (Å²) in [7, 11) is 0. The van der Waals surface area contributed by atoms with Crippen molar-refractivity contribution >= 4 is 11.9 Å². The lowest BCUT2D eigenvalue weighted by molar-refractivity contribution is -0.137. The van der Waals surface area contributed by atoms with E-state index in [-0.39, 0.29) is 36.0 Å². The molecule has 0 aliphatic heterocycles. The van der Waals surface area contributed by atoms with E-state index < -0.39 is 0 Å². The quantitative estimate of drug-likeness (QED) is 0.793. The lowest BCUT2D eigenvalue weighted by atomic mass is 9.64. The maximum absolute atomic E-state index is 11.9. The third-order valence-corrected chi connectivity index (χ3v) is 3.74. The van der Waals surface area contributed by atoms with Gasteiger partial charge in [0.05, 0.1) is 6.10 Å². The summed E-state index contributed by atoms with van der Waals surface area (Å²) in [4.78, 5) is 15.7. The minimum atomic E-state index is -0.0853. The van der Waals surface area contributed by atoms with Gasteiger partial charge in [0, 0.05) is 18.1 Å². The van der Waals surface area contributed by atoms with Gasteiger partial charge >= 0.3 is 0 Å². The number of amides is 1. The number of aromatic nitrogens is 3. The molecule has 106 valence electrons. The Kier molecular flexibility index (Phi) is 3.75. The number of hydrogen-bond donors (Lipinski definition) is 2. The van der Waals surface area contributed by atoms with E-state index in [1.165, 1.54) is 11.0 Å². The molecule has 3 N–H and O–H groups in total. The van der Waals surface area contributed by atoms with Gasteiger partial charge in [-0.2, -0.15) is 0 Å². The van der Waals surface area contributed by atoms with Crippen molar-refractivity contribution in [3.05, 3.63) is 6.33 Å². The van der Waals surface area contributed by atoms with Crippen LogP contribution in [0.2, 0.25) is 0 Å². The van der Waals surface area contributed by atoms with Gasteiger partial charge in [-0.3, -0.25) is 4.79 Å². The topological polar surface area (TPSA) is 95.1 Å². The number of rotatable bonds is 5. The van der Waals surface area contributed by atoms with E-state index >= 15 is 0 Å². The molecule has 1 aromatic rings. The van der Waals surface area contributed by atoms with E-state index in [0.717, 1.165) is 6.42 Å². The fourth-order valence-corrected chi connectivity index (χ4v) is 2.39. The minimum absolute atomic E-state index is 0.0347. The summed E-state index contributed by atoms with van der Waals surface area (Å²) in [6, 6.07) is 0.136. The Morgan fingerprint density at radius 1 is 1.68 bits per heavy atom. The maximum atomic E-state index is 11.9. The maximum Gasteiger partial charge on any atom is 0.242 e. The molecule has 1 fully saturated rings. The van der Waals surface area contributed by atoms with E-state index in [2.05, 4.69) is 29.2 Å². The zero-order chi connectivity index (χ0) is 14.0. The van der Waals surface area contributed by atoms with Gasteiger partial charge in [0.1, 0.15) is 12.9 Å². The highest BCUT2D eigenvalue weighted by Crippen LogP contribution is 2.42. The highest BCUT2D eigenvalue weighted by molar-refractivity contribution is 5.76. The van der Waals surface area contributed by atoms with E-state index in [4.69, 9.17) is 10.5 Å². The molecule has 0 aromatic carbocycles. The highest BCUT2D eigenvalue weighted by Gasteiger charge is 2.49. The summed E-state index contributed by atoms with van der Waals surface area (Å²) in [6.45, 7) is 7.03. The normalized spacial score (nSPS) is 24.8. The molecule has 2 atom stereocenters. The smallest absolute Gasteiger partial charge is 0.242 e. The SMILES string of the molecule is CCOC1CC(NC(=O)Cn2cnc(N)n2)C1(C)C. The summed E-state index contributed by atoms with van der Waals surface area (Å²) in [6.07, 6.45) is 2.51. The van der Waals surface area contributed by atoms with Crippen LogP contribution in [0.5, 0.6) is 0 Å². The molecule has 1 aliphatic carbocycles. The Bertz CT molecular complexity index is 457. The number of hydrogen-bond acceptors (Lipinski definition) is 5. The average Bonchev–Trinajstić information content (AvgIpc) is 2.73. The summed E-state index contributed by atoms with van der Waals surface area (Å²) in [5.74, 6) is 0.0890. The molecule has 7 nitrogen and oxygen atoms in total. The molecule has 1 saturated carbocycles. The number of nitrogens with zero attached hydrogens (tertiary/aromatic N) is 3. The molecular weight excluding hydrogens is 246 g/mol. The van der Waals surface area contributed by atoms with Crippen LogP contribution < -0.4 is 11.1 Å². The molecular formula is C12H21N5O2. The first-order valence-corrected chi connectivity index (χ1v) is 6.49. The lowest BCUT2D eigenvalue weighted by Crippen LogP contribution is -2.62. The molecule has 7 heteroatoms. The van der Waals surface area contributed by atoms with E-state index in [1.807, 2.05) is 6.92 Å². The lowest BCUT2D eigenvalue weighted by Gasteiger charge is -2.51. The number of nitrogens with one attached hydrogen (secondary N) is 1. The van der Waals surface area contributed by atoms with Gasteiger partial charge in [0.2, 0.25) is 11.9 Å². The Morgan fingerprint density at radius 3 is 2.95 bits per heavy atom. The van der Waals surface area contributed by atoms with Gasteiger partial charge < -0.3 is 15.8 Å². The largest absolute Gasteiger partial charge is 0.378 e. The van der Waals surface area contributed by atoms with Crippen LogP contribution in [0.1, 0.15) is 27.2 Å². The van der Waals surface area contributed by atoms with Gasteiger partial charge in [0.15, 0.2) is 0 Å². The first-order chi connectivity index (χ1) is 8.93. The molecule has 0 spiro atoms. The Morgan fingerprint density at radius 2 is 2.42 bits per heavy atom. The second-order valence-electron chi connectivity index (χ2n) is 5.42. The number of nitrogen functional groups attached to an aromatic ring is 1. The summed E-state index contributed by atoms with van der Waals surface area (Å²) >= 11 is 0. The van der Waals surface area contributed by atoms with Crippen molar-refractivity contribution in [1.29, 1.82) is 0 Å². The van der Waals surface area contributed by atoms with Gasteiger partial charge in [-0.15, -0.1) is 5.10 Å². The third-order valence-electron chi connectivity index (χ3n) is 3.74. The molecule has 1 aliphatic rings. The first kappa shape index (κ1) is 13.8. The van der Waals surface area contributed by atoms with Crippen LogP contribution in [0.25, 0.3) is 0 Å². The van der Waals surface area contributed by atoms with E-state index in [0.29, 0.717) is 6.61 Å². The number of carbonyl (C=O) groups excluding carboxylic acids is 1. The standard InChI is InChI=1S/C12H21N5O2/c1-4-19-9-5-8(12(9,2)3)15-10(18)6-17-7-14-11(13)16-17/h7-9H,4-6H2,1-3H3,(H2,13,16)(H,15,18). The monoisotopic (exact) mass is 267 g/mol. The zero-order valence-electron chi connectivity index (χ0n) is 11.6. The molecule has 1 amide bonds. The minimum Gasteiger partial charge on any atom is -0.378 e. The molecule has 2 unspecified atom stereocenters. The first-order valence-electron chi connectivity index (χ1n) is 6.49. The molecule has 0 radical (unpaired) electrons. The van der Waals surface area contributed by atoms with Crippen molar-refractivity contribution in [3.63, 3.8) is 0 Å². The fourth-order valence-electron chi connectivity index (χ4n) is 2.39. The number of carbonyl (C=O) groups is 1. The molecule has 2 rings (SSSR count). The molecule has 19 heavy (non-hydrogen) atoms. The van der Waals surface area contributed by atoms with Crippen molar-refractivity contribution in [1.82, 2.24) is 20.1 Å². The predicted molar refractivity (Wildman–Crippen MR) is 70.2 cm³/mol. The zero-order valence-corrected chi connectivity index (χ0v) is 11.6. The molecule has 0 saturated heterocycles. The average molecular weight is 267 g/mol. The van der Waals surface area contributed by atoms with Crippen LogP contribution in [-0.2, 0) is 16.1 Å². The Labute approximate surface area is 112 Å². The number of nitrogens with two attached hydrogens (primary N) is 1. The summed E-state index contributed by atoms with van der Waals surface area (Å²) < 4.78 is 7.06. The fraction of sp³-hybridized carbons (Fsp3) is 0.750. The van der Waals surface area contributed by atoms with Crippen molar-refractivity contribution < 1.29 is 9.53 Å². The van der Waals surface area contributed by atoms with Crippen molar-refractivity contribution in [2.24, 2.45) is 5.41 Å². The van der Waals surface area contributed by atoms with Gasteiger partial charge in [-0.05, 0) is 13.3 Å². The number of ether oxygens (including phenoxy) is 1.